The van der Waals surface area contributed by atoms with E-state index >= 15 is 0 Å². The second kappa shape index (κ2) is 4.67. The Morgan fingerprint density at radius 1 is 1.10 bits per heavy atom. The molecule has 1 aromatic carbocycles. The van der Waals surface area contributed by atoms with Crippen molar-refractivity contribution < 1.29 is 0 Å². The summed E-state index contributed by atoms with van der Waals surface area (Å²) in [4.78, 5) is 11.9. The van der Waals surface area contributed by atoms with Gasteiger partial charge in [0.25, 0.3) is 0 Å². The smallest absolute Gasteiger partial charge is 0.151 e. The molecule has 4 heteroatoms. The maximum Gasteiger partial charge on any atom is 0.151 e. The van der Waals surface area contributed by atoms with Crippen LogP contribution in [-0.2, 0) is 6.54 Å². The number of hydrogen-bond acceptors (Lipinski definition) is 3. The van der Waals surface area contributed by atoms with Crippen molar-refractivity contribution >= 4 is 33.3 Å². The van der Waals surface area contributed by atoms with Crippen molar-refractivity contribution in [2.75, 3.05) is 0 Å². The predicted octanol–water partition coefficient (Wildman–Crippen LogP) is 4.64. The fourth-order valence-electron chi connectivity index (χ4n) is 2.81. The Hall–Kier alpha value is -2.20. The predicted molar refractivity (Wildman–Crippen MR) is 88.8 cm³/mol. The SMILES string of the molecule is CCn1c(-c2ccc(C)s2)nc2cnc3ccccc3c21. The van der Waals surface area contributed by atoms with Gasteiger partial charge in [0, 0.05) is 16.8 Å². The van der Waals surface area contributed by atoms with E-state index in [1.54, 1.807) is 11.3 Å². The lowest BCUT2D eigenvalue weighted by molar-refractivity contribution is 0.800. The van der Waals surface area contributed by atoms with E-state index in [1.807, 2.05) is 12.3 Å². The lowest BCUT2D eigenvalue weighted by atomic mass is 10.2. The van der Waals surface area contributed by atoms with E-state index < -0.39 is 0 Å². The Bertz CT molecular complexity index is 949. The molecule has 3 aromatic heterocycles. The molecule has 0 aliphatic carbocycles. The summed E-state index contributed by atoms with van der Waals surface area (Å²) in [6.45, 7) is 5.20. The molecular weight excluding hydrogens is 278 g/mol. The largest absolute Gasteiger partial charge is 0.323 e. The minimum absolute atomic E-state index is 0.900. The highest BCUT2D eigenvalue weighted by molar-refractivity contribution is 7.15. The molecule has 21 heavy (non-hydrogen) atoms. The zero-order valence-electron chi connectivity index (χ0n) is 12.0. The summed E-state index contributed by atoms with van der Waals surface area (Å²) >= 11 is 1.79. The number of pyridine rings is 1. The van der Waals surface area contributed by atoms with E-state index in [0.717, 1.165) is 23.4 Å². The third kappa shape index (κ3) is 1.87. The standard InChI is InChI=1S/C17H15N3S/c1-3-20-16-12-6-4-5-7-13(12)18-10-14(16)19-17(20)15-9-8-11(2)21-15/h4-10H,3H2,1-2H3. The number of fused-ring (bicyclic) bond motifs is 3. The maximum absolute atomic E-state index is 4.83. The number of nitrogens with zero attached hydrogens (tertiary/aromatic N) is 3. The van der Waals surface area contributed by atoms with E-state index in [1.165, 1.54) is 20.7 Å². The molecule has 4 rings (SSSR count). The van der Waals surface area contributed by atoms with Gasteiger partial charge >= 0.3 is 0 Å². The molecule has 104 valence electrons. The number of benzene rings is 1. The van der Waals surface area contributed by atoms with Gasteiger partial charge in [-0.3, -0.25) is 4.98 Å². The average molecular weight is 293 g/mol. The van der Waals surface area contributed by atoms with Crippen molar-refractivity contribution in [2.24, 2.45) is 0 Å². The molecule has 0 unspecified atom stereocenters. The van der Waals surface area contributed by atoms with Gasteiger partial charge in [-0.1, -0.05) is 18.2 Å². The number of para-hydroxylation sites is 1. The first-order chi connectivity index (χ1) is 10.3. The summed E-state index contributed by atoms with van der Waals surface area (Å²) < 4.78 is 2.30. The fourth-order valence-corrected chi connectivity index (χ4v) is 3.68. The molecule has 0 saturated heterocycles. The molecule has 0 radical (unpaired) electrons. The Morgan fingerprint density at radius 3 is 2.71 bits per heavy atom. The number of thiophene rings is 1. The van der Waals surface area contributed by atoms with Crippen LogP contribution in [0.4, 0.5) is 0 Å². The summed E-state index contributed by atoms with van der Waals surface area (Å²) in [5, 5.41) is 1.17. The van der Waals surface area contributed by atoms with E-state index in [4.69, 9.17) is 4.98 Å². The van der Waals surface area contributed by atoms with Crippen LogP contribution in [0.3, 0.4) is 0 Å². The van der Waals surface area contributed by atoms with Gasteiger partial charge in [-0.15, -0.1) is 11.3 Å². The van der Waals surface area contributed by atoms with Gasteiger partial charge in [-0.05, 0) is 32.0 Å². The first kappa shape index (κ1) is 12.5. The Labute approximate surface area is 126 Å². The highest BCUT2D eigenvalue weighted by atomic mass is 32.1. The third-order valence-electron chi connectivity index (χ3n) is 3.76. The molecule has 0 N–H and O–H groups in total. The van der Waals surface area contributed by atoms with E-state index in [-0.39, 0.29) is 0 Å². The lowest BCUT2D eigenvalue weighted by Crippen LogP contribution is -1.97. The van der Waals surface area contributed by atoms with Crippen LogP contribution in [0.1, 0.15) is 11.8 Å². The van der Waals surface area contributed by atoms with Gasteiger partial charge < -0.3 is 4.57 Å². The number of rotatable bonds is 2. The van der Waals surface area contributed by atoms with E-state index in [0.29, 0.717) is 0 Å². The van der Waals surface area contributed by atoms with Crippen molar-refractivity contribution in [1.29, 1.82) is 0 Å². The van der Waals surface area contributed by atoms with Crippen LogP contribution < -0.4 is 0 Å². The summed E-state index contributed by atoms with van der Waals surface area (Å²) in [5.74, 6) is 1.05. The average Bonchev–Trinajstić information content (AvgIpc) is 3.10. The van der Waals surface area contributed by atoms with Crippen LogP contribution in [0.5, 0.6) is 0 Å². The molecule has 0 aliphatic rings. The monoisotopic (exact) mass is 293 g/mol. The van der Waals surface area contributed by atoms with Gasteiger partial charge in [0.1, 0.15) is 5.52 Å². The molecule has 0 aliphatic heterocycles. The van der Waals surface area contributed by atoms with Crippen molar-refractivity contribution in [1.82, 2.24) is 14.5 Å². The minimum atomic E-state index is 0.900. The second-order valence-electron chi connectivity index (χ2n) is 5.10. The van der Waals surface area contributed by atoms with Crippen LogP contribution in [-0.4, -0.2) is 14.5 Å². The summed E-state index contributed by atoms with van der Waals surface area (Å²) in [5.41, 5.74) is 3.18. The second-order valence-corrected chi connectivity index (χ2v) is 6.39. The highest BCUT2D eigenvalue weighted by Crippen LogP contribution is 2.32. The molecule has 3 nitrogen and oxygen atoms in total. The molecular formula is C17H15N3S. The Morgan fingerprint density at radius 2 is 1.95 bits per heavy atom. The van der Waals surface area contributed by atoms with Crippen LogP contribution in [0.2, 0.25) is 0 Å². The first-order valence-corrected chi connectivity index (χ1v) is 7.90. The van der Waals surface area contributed by atoms with Crippen molar-refractivity contribution in [3.63, 3.8) is 0 Å². The summed E-state index contributed by atoms with van der Waals surface area (Å²) in [6.07, 6.45) is 1.88. The third-order valence-corrected chi connectivity index (χ3v) is 4.75. The van der Waals surface area contributed by atoms with Crippen LogP contribution in [0, 0.1) is 6.92 Å². The summed E-state index contributed by atoms with van der Waals surface area (Å²) in [6, 6.07) is 12.6. The van der Waals surface area contributed by atoms with Gasteiger partial charge in [-0.2, -0.15) is 0 Å². The molecule has 0 atom stereocenters. The number of aryl methyl sites for hydroxylation is 2. The highest BCUT2D eigenvalue weighted by Gasteiger charge is 2.15. The topological polar surface area (TPSA) is 30.7 Å². The van der Waals surface area contributed by atoms with Crippen LogP contribution >= 0.6 is 11.3 Å². The number of aromatic nitrogens is 3. The van der Waals surface area contributed by atoms with Crippen molar-refractivity contribution in [2.45, 2.75) is 20.4 Å². The lowest BCUT2D eigenvalue weighted by Gasteiger charge is -2.06. The van der Waals surface area contributed by atoms with Gasteiger partial charge in [-0.25, -0.2) is 4.98 Å². The maximum atomic E-state index is 4.83. The van der Waals surface area contributed by atoms with E-state index in [9.17, 15) is 0 Å². The molecule has 3 heterocycles. The van der Waals surface area contributed by atoms with Gasteiger partial charge in [0.15, 0.2) is 5.82 Å². The van der Waals surface area contributed by atoms with Crippen LogP contribution in [0.25, 0.3) is 32.6 Å². The molecule has 0 fully saturated rings. The minimum Gasteiger partial charge on any atom is -0.323 e. The molecule has 4 aromatic rings. The molecule has 0 spiro atoms. The fraction of sp³-hybridized carbons (Fsp3) is 0.176. The van der Waals surface area contributed by atoms with E-state index in [2.05, 4.69) is 53.7 Å². The first-order valence-electron chi connectivity index (χ1n) is 7.08. The number of hydrogen-bond donors (Lipinski definition) is 0. The van der Waals surface area contributed by atoms with Crippen LogP contribution in [0.15, 0.2) is 42.6 Å². The zero-order chi connectivity index (χ0) is 14.4. The summed E-state index contributed by atoms with van der Waals surface area (Å²) in [7, 11) is 0. The van der Waals surface area contributed by atoms with Gasteiger partial charge in [0.05, 0.1) is 22.1 Å². The quantitative estimate of drug-likeness (QED) is 0.539. The van der Waals surface area contributed by atoms with Crippen molar-refractivity contribution in [3.05, 3.63) is 47.5 Å². The van der Waals surface area contributed by atoms with Gasteiger partial charge in [0.2, 0.25) is 0 Å². The Kier molecular flexibility index (Phi) is 2.79. The number of imidazole rings is 1. The molecule has 0 amide bonds. The molecule has 0 saturated carbocycles. The molecule has 0 bridgehead atoms. The Balaban J connectivity index is 2.12. The zero-order valence-corrected chi connectivity index (χ0v) is 12.8. The normalized spacial score (nSPS) is 11.5. The van der Waals surface area contributed by atoms with Crippen molar-refractivity contribution in [3.8, 4) is 10.7 Å².